The molecule has 1 aliphatic carbocycles. The van der Waals surface area contributed by atoms with E-state index < -0.39 is 27.9 Å². The van der Waals surface area contributed by atoms with Crippen LogP contribution in [0.4, 0.5) is 5.00 Å². The van der Waals surface area contributed by atoms with Gasteiger partial charge in [-0.25, -0.2) is 13.2 Å². The molecule has 200 valence electrons. The highest BCUT2D eigenvalue weighted by Crippen LogP contribution is 2.39. The Morgan fingerprint density at radius 3 is 2.47 bits per heavy atom. The summed E-state index contributed by atoms with van der Waals surface area (Å²) in [5.74, 6) is -0.393. The lowest BCUT2D eigenvalue weighted by Crippen LogP contribution is -2.50. The zero-order chi connectivity index (χ0) is 26.9. The third kappa shape index (κ3) is 4.95. The van der Waals surface area contributed by atoms with E-state index >= 15 is 0 Å². The van der Waals surface area contributed by atoms with E-state index in [4.69, 9.17) is 9.47 Å². The van der Waals surface area contributed by atoms with Crippen LogP contribution in [0.15, 0.2) is 53.4 Å². The van der Waals surface area contributed by atoms with Gasteiger partial charge in [-0.3, -0.25) is 4.79 Å². The van der Waals surface area contributed by atoms with E-state index in [2.05, 4.69) is 5.32 Å². The highest BCUT2D eigenvalue weighted by atomic mass is 32.2. The van der Waals surface area contributed by atoms with Crippen LogP contribution in [0.3, 0.4) is 0 Å². The molecule has 0 spiro atoms. The lowest BCUT2D eigenvalue weighted by atomic mass is 9.94. The molecule has 1 unspecified atom stereocenters. The Hall–Kier alpha value is -3.21. The Bertz CT molecular complexity index is 1460. The number of sulfonamides is 1. The number of nitrogens with one attached hydrogen (secondary N) is 1. The van der Waals surface area contributed by atoms with Crippen molar-refractivity contribution in [3.63, 3.8) is 0 Å². The number of carbonyl (C=O) groups is 2. The molecule has 8 nitrogen and oxygen atoms in total. The molecule has 1 atom stereocenters. The van der Waals surface area contributed by atoms with Crippen molar-refractivity contribution in [1.82, 2.24) is 4.31 Å². The molecule has 5 rings (SSSR count). The summed E-state index contributed by atoms with van der Waals surface area (Å²) in [5.41, 5.74) is 3.12. The van der Waals surface area contributed by atoms with Crippen molar-refractivity contribution in [2.45, 2.75) is 56.5 Å². The normalized spacial score (nSPS) is 17.3. The van der Waals surface area contributed by atoms with Crippen LogP contribution in [0.5, 0.6) is 5.75 Å². The molecule has 2 aliphatic rings. The molecule has 0 fully saturated rings. The fourth-order valence-electron chi connectivity index (χ4n) is 5.13. The lowest BCUT2D eigenvalue weighted by molar-refractivity contribution is -0.120. The van der Waals surface area contributed by atoms with Crippen molar-refractivity contribution < 1.29 is 27.5 Å². The number of methoxy groups -OCH3 is 1. The van der Waals surface area contributed by atoms with Gasteiger partial charge in [0.1, 0.15) is 16.8 Å². The number of amides is 1. The first-order valence-electron chi connectivity index (χ1n) is 12.7. The SMILES string of the molecule is CCOC(=O)c1c(NC(=O)C2Cc3ccccc3CN2S(=O)(=O)c2ccc(OC)cc2)sc2c1CCCC2. The maximum Gasteiger partial charge on any atom is 0.341 e. The lowest BCUT2D eigenvalue weighted by Gasteiger charge is -2.35. The van der Waals surface area contributed by atoms with Crippen molar-refractivity contribution in [3.8, 4) is 5.75 Å². The first-order valence-corrected chi connectivity index (χ1v) is 14.9. The summed E-state index contributed by atoms with van der Waals surface area (Å²) < 4.78 is 39.4. The highest BCUT2D eigenvalue weighted by molar-refractivity contribution is 7.89. The molecule has 38 heavy (non-hydrogen) atoms. The van der Waals surface area contributed by atoms with E-state index in [9.17, 15) is 18.0 Å². The third-order valence-corrected chi connectivity index (χ3v) is 10.1. The Morgan fingerprint density at radius 2 is 1.76 bits per heavy atom. The fraction of sp³-hybridized carbons (Fsp3) is 0.357. The molecule has 0 saturated heterocycles. The van der Waals surface area contributed by atoms with E-state index in [1.165, 1.54) is 34.9 Å². The minimum Gasteiger partial charge on any atom is -0.497 e. The molecule has 1 aromatic heterocycles. The summed E-state index contributed by atoms with van der Waals surface area (Å²) in [4.78, 5) is 27.9. The number of aryl methyl sites for hydroxylation is 1. The Balaban J connectivity index is 1.51. The first kappa shape index (κ1) is 26.4. The summed E-state index contributed by atoms with van der Waals surface area (Å²) in [7, 11) is -2.51. The number of benzene rings is 2. The maximum atomic E-state index is 13.8. The molecule has 10 heteroatoms. The zero-order valence-electron chi connectivity index (χ0n) is 21.4. The molecule has 0 saturated carbocycles. The van der Waals surface area contributed by atoms with Crippen molar-refractivity contribution in [2.75, 3.05) is 19.0 Å². The van der Waals surface area contributed by atoms with Gasteiger partial charge in [0.15, 0.2) is 0 Å². The van der Waals surface area contributed by atoms with Crippen LogP contribution in [0.2, 0.25) is 0 Å². The summed E-state index contributed by atoms with van der Waals surface area (Å²) in [6.07, 6.45) is 3.81. The molecule has 1 N–H and O–H groups in total. The number of hydrogen-bond acceptors (Lipinski definition) is 7. The Kier molecular flexibility index (Phi) is 7.56. The number of rotatable bonds is 7. The topological polar surface area (TPSA) is 102 Å². The standard InChI is InChI=1S/C28H30N2O6S2/c1-3-36-28(32)25-22-10-6-7-11-24(22)37-27(25)29-26(31)23-16-18-8-4-5-9-19(18)17-30(23)38(33,34)21-14-12-20(35-2)13-15-21/h4-5,8-9,12-15,23H,3,6-7,10-11,16-17H2,1-2H3,(H,29,31). The average Bonchev–Trinajstić information content (AvgIpc) is 3.30. The number of anilines is 1. The largest absolute Gasteiger partial charge is 0.497 e. The van der Waals surface area contributed by atoms with Gasteiger partial charge < -0.3 is 14.8 Å². The van der Waals surface area contributed by atoms with Crippen LogP contribution in [-0.4, -0.2) is 44.4 Å². The number of nitrogens with zero attached hydrogens (tertiary/aromatic N) is 1. The summed E-state index contributed by atoms with van der Waals surface area (Å²) in [5, 5.41) is 3.36. The first-order chi connectivity index (χ1) is 18.3. The van der Waals surface area contributed by atoms with Gasteiger partial charge in [-0.15, -0.1) is 11.3 Å². The number of thiophene rings is 1. The molecular formula is C28H30N2O6S2. The van der Waals surface area contributed by atoms with Crippen LogP contribution in [0, 0.1) is 0 Å². The average molecular weight is 555 g/mol. The van der Waals surface area contributed by atoms with Gasteiger partial charge in [-0.05, 0) is 80.0 Å². The summed E-state index contributed by atoms with van der Waals surface area (Å²) in [6.45, 7) is 2.04. The maximum absolute atomic E-state index is 13.8. The second-order valence-corrected chi connectivity index (χ2v) is 12.3. The minimum absolute atomic E-state index is 0.0638. The van der Waals surface area contributed by atoms with E-state index in [0.717, 1.165) is 47.3 Å². The minimum atomic E-state index is -4.02. The third-order valence-electron chi connectivity index (χ3n) is 7.06. The van der Waals surface area contributed by atoms with Gasteiger partial charge in [-0.1, -0.05) is 24.3 Å². The zero-order valence-corrected chi connectivity index (χ0v) is 23.0. The molecule has 2 aromatic carbocycles. The molecule has 1 aliphatic heterocycles. The predicted octanol–water partition coefficient (Wildman–Crippen LogP) is 4.57. The van der Waals surface area contributed by atoms with E-state index in [0.29, 0.717) is 16.3 Å². The number of ether oxygens (including phenoxy) is 2. The van der Waals surface area contributed by atoms with Crippen LogP contribution >= 0.6 is 11.3 Å². The molecule has 2 heterocycles. The Morgan fingerprint density at radius 1 is 1.05 bits per heavy atom. The van der Waals surface area contributed by atoms with Gasteiger partial charge in [0.05, 0.1) is 24.2 Å². The molecule has 0 radical (unpaired) electrons. The smallest absolute Gasteiger partial charge is 0.341 e. The summed E-state index contributed by atoms with van der Waals surface area (Å²) in [6, 6.07) is 12.7. The monoisotopic (exact) mass is 554 g/mol. The van der Waals surface area contributed by atoms with Crippen molar-refractivity contribution in [2.24, 2.45) is 0 Å². The Labute approximate surface area is 226 Å². The van der Waals surface area contributed by atoms with Gasteiger partial charge in [0, 0.05) is 11.4 Å². The second kappa shape index (κ2) is 10.9. The quantitative estimate of drug-likeness (QED) is 0.430. The van der Waals surface area contributed by atoms with Crippen molar-refractivity contribution in [3.05, 3.63) is 75.7 Å². The summed E-state index contributed by atoms with van der Waals surface area (Å²) >= 11 is 1.39. The van der Waals surface area contributed by atoms with Gasteiger partial charge >= 0.3 is 5.97 Å². The molecule has 1 amide bonds. The molecule has 0 bridgehead atoms. The van der Waals surface area contributed by atoms with Crippen LogP contribution in [0.25, 0.3) is 0 Å². The predicted molar refractivity (Wildman–Crippen MR) is 145 cm³/mol. The molecule has 3 aromatic rings. The van der Waals surface area contributed by atoms with Gasteiger partial charge in [-0.2, -0.15) is 4.31 Å². The van der Waals surface area contributed by atoms with Crippen LogP contribution in [-0.2, 0) is 45.4 Å². The number of fused-ring (bicyclic) bond motifs is 2. The van der Waals surface area contributed by atoms with Crippen molar-refractivity contribution >= 4 is 38.2 Å². The number of carbonyl (C=O) groups excluding carboxylic acids is 2. The second-order valence-electron chi connectivity index (χ2n) is 9.34. The van der Waals surface area contributed by atoms with E-state index in [1.54, 1.807) is 19.1 Å². The number of esters is 1. The fourth-order valence-corrected chi connectivity index (χ4v) is 7.97. The van der Waals surface area contributed by atoms with Gasteiger partial charge in [0.2, 0.25) is 15.9 Å². The number of hydrogen-bond donors (Lipinski definition) is 1. The van der Waals surface area contributed by atoms with Gasteiger partial charge in [0.25, 0.3) is 0 Å². The van der Waals surface area contributed by atoms with Crippen LogP contribution in [0.1, 0.15) is 51.7 Å². The van der Waals surface area contributed by atoms with Crippen LogP contribution < -0.4 is 10.1 Å². The van der Waals surface area contributed by atoms with E-state index in [1.807, 2.05) is 24.3 Å². The van der Waals surface area contributed by atoms with E-state index in [-0.39, 0.29) is 24.5 Å². The highest BCUT2D eigenvalue weighted by Gasteiger charge is 2.40. The molecular weight excluding hydrogens is 524 g/mol. The van der Waals surface area contributed by atoms with Crippen molar-refractivity contribution in [1.29, 1.82) is 0 Å².